The third-order valence-electron chi connectivity index (χ3n) is 5.08. The van der Waals surface area contributed by atoms with Gasteiger partial charge in [-0.25, -0.2) is 9.69 Å². The molecule has 178 valence electrons. The molecule has 35 heavy (non-hydrogen) atoms. The smallest absolute Gasteiger partial charge is 0.335 e. The van der Waals surface area contributed by atoms with Crippen LogP contribution in [0.4, 0.5) is 10.5 Å². The quantitative estimate of drug-likeness (QED) is 0.287. The molecule has 1 aliphatic heterocycles. The predicted octanol–water partition coefficient (Wildman–Crippen LogP) is 6.01. The summed E-state index contributed by atoms with van der Waals surface area (Å²) in [6.45, 7) is 0.179. The van der Waals surface area contributed by atoms with Crippen LogP contribution in [0.1, 0.15) is 11.1 Å². The van der Waals surface area contributed by atoms with Gasteiger partial charge in [0, 0.05) is 20.1 Å². The number of rotatable bonds is 6. The van der Waals surface area contributed by atoms with Gasteiger partial charge in [-0.15, -0.1) is 0 Å². The van der Waals surface area contributed by atoms with Crippen molar-refractivity contribution in [2.75, 3.05) is 12.0 Å². The molecule has 4 rings (SSSR count). The Hall–Kier alpha value is -3.33. The van der Waals surface area contributed by atoms with Crippen molar-refractivity contribution in [3.8, 4) is 11.5 Å². The summed E-state index contributed by atoms with van der Waals surface area (Å²) in [5.41, 5.74) is 1.38. The van der Waals surface area contributed by atoms with Crippen LogP contribution in [0.2, 0.25) is 10.0 Å². The van der Waals surface area contributed by atoms with E-state index in [0.717, 1.165) is 14.9 Å². The molecule has 1 N–H and O–H groups in total. The van der Waals surface area contributed by atoms with Gasteiger partial charge in [0.1, 0.15) is 12.2 Å². The highest BCUT2D eigenvalue weighted by atomic mass is 79.9. The fourth-order valence-corrected chi connectivity index (χ4v) is 4.06. The van der Waals surface area contributed by atoms with Crippen LogP contribution in [0.3, 0.4) is 0 Å². The molecule has 0 radical (unpaired) electrons. The highest BCUT2D eigenvalue weighted by molar-refractivity contribution is 9.10. The number of anilines is 1. The molecule has 1 fully saturated rings. The van der Waals surface area contributed by atoms with Gasteiger partial charge in [-0.1, -0.05) is 51.3 Å². The van der Waals surface area contributed by atoms with Crippen molar-refractivity contribution in [2.45, 2.75) is 6.61 Å². The second kappa shape index (κ2) is 10.5. The van der Waals surface area contributed by atoms with Crippen molar-refractivity contribution in [3.63, 3.8) is 0 Å². The Morgan fingerprint density at radius 2 is 1.71 bits per heavy atom. The van der Waals surface area contributed by atoms with Gasteiger partial charge < -0.3 is 9.47 Å². The number of urea groups is 1. The van der Waals surface area contributed by atoms with E-state index in [1.54, 1.807) is 60.7 Å². The molecule has 0 bridgehead atoms. The fourth-order valence-electron chi connectivity index (χ4n) is 3.34. The topological polar surface area (TPSA) is 84.9 Å². The molecule has 1 saturated heterocycles. The van der Waals surface area contributed by atoms with Crippen LogP contribution in [0.5, 0.6) is 11.5 Å². The third-order valence-corrected chi connectivity index (χ3v) is 6.20. The summed E-state index contributed by atoms with van der Waals surface area (Å²) >= 11 is 15.4. The number of amides is 4. The van der Waals surface area contributed by atoms with E-state index in [9.17, 15) is 14.4 Å². The van der Waals surface area contributed by atoms with E-state index in [1.807, 2.05) is 0 Å². The van der Waals surface area contributed by atoms with Gasteiger partial charge in [0.2, 0.25) is 0 Å². The van der Waals surface area contributed by atoms with Crippen LogP contribution >= 0.6 is 39.1 Å². The monoisotopic (exact) mass is 574 g/mol. The second-order valence-electron chi connectivity index (χ2n) is 7.37. The predicted molar refractivity (Wildman–Crippen MR) is 137 cm³/mol. The SMILES string of the molecule is COc1cc(/C=C2\C(=O)NC(=O)N(c3ccc(Br)cc3)C2=O)ccc1OCc1ccc(Cl)cc1Cl. The Bertz CT molecular complexity index is 1360. The van der Waals surface area contributed by atoms with E-state index >= 15 is 0 Å². The number of hydrogen-bond donors (Lipinski definition) is 1. The van der Waals surface area contributed by atoms with Crippen molar-refractivity contribution >= 4 is 68.7 Å². The van der Waals surface area contributed by atoms with E-state index in [2.05, 4.69) is 21.2 Å². The number of halogens is 3. The number of benzene rings is 3. The van der Waals surface area contributed by atoms with E-state index in [-0.39, 0.29) is 12.2 Å². The molecule has 7 nitrogen and oxygen atoms in total. The number of hydrogen-bond acceptors (Lipinski definition) is 5. The molecule has 0 unspecified atom stereocenters. The highest BCUT2D eigenvalue weighted by Gasteiger charge is 2.36. The van der Waals surface area contributed by atoms with Crippen molar-refractivity contribution < 1.29 is 23.9 Å². The molecule has 0 aromatic heterocycles. The molecule has 10 heteroatoms. The Morgan fingerprint density at radius 3 is 2.40 bits per heavy atom. The number of barbiturate groups is 1. The second-order valence-corrected chi connectivity index (χ2v) is 9.13. The normalized spacial score (nSPS) is 14.8. The Labute approximate surface area is 219 Å². The van der Waals surface area contributed by atoms with Crippen molar-refractivity contribution in [1.82, 2.24) is 5.32 Å². The molecule has 1 aliphatic rings. The molecule has 0 atom stereocenters. The highest BCUT2D eigenvalue weighted by Crippen LogP contribution is 2.31. The first-order valence-corrected chi connectivity index (χ1v) is 11.7. The Kier molecular flexibility index (Phi) is 7.45. The summed E-state index contributed by atoms with van der Waals surface area (Å²) in [6.07, 6.45) is 1.39. The van der Waals surface area contributed by atoms with Gasteiger partial charge in [-0.2, -0.15) is 0 Å². The summed E-state index contributed by atoms with van der Waals surface area (Å²) in [5, 5.41) is 3.20. The molecule has 0 saturated carbocycles. The van der Waals surface area contributed by atoms with Gasteiger partial charge in [0.05, 0.1) is 12.8 Å². The van der Waals surface area contributed by atoms with E-state index in [4.69, 9.17) is 32.7 Å². The largest absolute Gasteiger partial charge is 0.493 e. The average molecular weight is 576 g/mol. The Balaban J connectivity index is 1.59. The lowest BCUT2D eigenvalue weighted by Gasteiger charge is -2.26. The van der Waals surface area contributed by atoms with Crippen molar-refractivity contribution in [2.24, 2.45) is 0 Å². The van der Waals surface area contributed by atoms with E-state index in [1.165, 1.54) is 13.2 Å². The van der Waals surface area contributed by atoms with Gasteiger partial charge in [0.15, 0.2) is 11.5 Å². The first kappa shape index (κ1) is 24.8. The van der Waals surface area contributed by atoms with Crippen LogP contribution in [0.15, 0.2) is 70.7 Å². The lowest BCUT2D eigenvalue weighted by atomic mass is 10.1. The molecular weight excluding hydrogens is 559 g/mol. The van der Waals surface area contributed by atoms with Gasteiger partial charge in [0.25, 0.3) is 11.8 Å². The third kappa shape index (κ3) is 5.51. The van der Waals surface area contributed by atoms with Crippen LogP contribution in [0, 0.1) is 0 Å². The molecule has 0 spiro atoms. The van der Waals surface area contributed by atoms with E-state index < -0.39 is 17.8 Å². The van der Waals surface area contributed by atoms with Gasteiger partial charge in [-0.05, 0) is 60.2 Å². The summed E-state index contributed by atoms with van der Waals surface area (Å²) in [5.74, 6) is -0.705. The minimum atomic E-state index is -0.818. The summed E-state index contributed by atoms with van der Waals surface area (Å²) < 4.78 is 12.1. The van der Waals surface area contributed by atoms with Crippen molar-refractivity contribution in [3.05, 3.63) is 91.9 Å². The van der Waals surface area contributed by atoms with Crippen LogP contribution < -0.4 is 19.7 Å². The number of carbonyl (C=O) groups excluding carboxylic acids is 3. The van der Waals surface area contributed by atoms with Gasteiger partial charge in [-0.3, -0.25) is 14.9 Å². The number of methoxy groups -OCH3 is 1. The van der Waals surface area contributed by atoms with Crippen molar-refractivity contribution in [1.29, 1.82) is 0 Å². The number of imide groups is 2. The summed E-state index contributed by atoms with van der Waals surface area (Å²) in [6, 6.07) is 15.8. The minimum absolute atomic E-state index is 0.179. The Morgan fingerprint density at radius 1 is 0.971 bits per heavy atom. The maximum atomic E-state index is 13.1. The lowest BCUT2D eigenvalue weighted by molar-refractivity contribution is -0.122. The number of ether oxygens (including phenoxy) is 2. The maximum Gasteiger partial charge on any atom is 0.335 e. The van der Waals surface area contributed by atoms with Crippen LogP contribution in [0.25, 0.3) is 6.08 Å². The zero-order valence-electron chi connectivity index (χ0n) is 18.2. The molecule has 3 aromatic rings. The molecule has 1 heterocycles. The zero-order chi connectivity index (χ0) is 25.1. The number of nitrogens with zero attached hydrogens (tertiary/aromatic N) is 1. The van der Waals surface area contributed by atoms with Crippen LogP contribution in [-0.4, -0.2) is 25.0 Å². The fraction of sp³-hybridized carbons (Fsp3) is 0.0800. The zero-order valence-corrected chi connectivity index (χ0v) is 21.3. The first-order valence-electron chi connectivity index (χ1n) is 10.2. The first-order chi connectivity index (χ1) is 16.8. The molecule has 4 amide bonds. The molecular formula is C25H17BrCl2N2O5. The maximum absolute atomic E-state index is 13.1. The lowest BCUT2D eigenvalue weighted by Crippen LogP contribution is -2.54. The number of carbonyl (C=O) groups is 3. The average Bonchev–Trinajstić information content (AvgIpc) is 2.82. The minimum Gasteiger partial charge on any atom is -0.493 e. The van der Waals surface area contributed by atoms with Crippen LogP contribution in [-0.2, 0) is 16.2 Å². The molecule has 0 aliphatic carbocycles. The van der Waals surface area contributed by atoms with Gasteiger partial charge >= 0.3 is 6.03 Å². The number of nitrogens with one attached hydrogen (secondary N) is 1. The summed E-state index contributed by atoms with van der Waals surface area (Å²) in [4.78, 5) is 38.8. The van der Waals surface area contributed by atoms with E-state index in [0.29, 0.717) is 32.8 Å². The standard InChI is InChI=1S/C25H17BrCl2N2O5/c1-34-22-11-14(2-9-21(22)35-13-15-3-6-17(27)12-20(15)28)10-19-23(31)29-25(33)30(24(19)32)18-7-4-16(26)5-8-18/h2-12H,13H2,1H3,(H,29,31,33)/b19-10+. The summed E-state index contributed by atoms with van der Waals surface area (Å²) in [7, 11) is 1.47. The molecule has 3 aromatic carbocycles.